The summed E-state index contributed by atoms with van der Waals surface area (Å²) in [6.45, 7) is 3.75. The summed E-state index contributed by atoms with van der Waals surface area (Å²) in [6, 6.07) is 0. The molecule has 1 fully saturated rings. The van der Waals surface area contributed by atoms with Crippen LogP contribution in [0.15, 0.2) is 0 Å². The second-order valence-electron chi connectivity index (χ2n) is 2.69. The summed E-state index contributed by atoms with van der Waals surface area (Å²) in [5.74, 6) is -0.359. The third-order valence-electron chi connectivity index (χ3n) is 1.68. The predicted molar refractivity (Wildman–Crippen MR) is 47.9 cm³/mol. The van der Waals surface area contributed by atoms with E-state index in [1.54, 1.807) is 0 Å². The molecule has 0 radical (unpaired) electrons. The van der Waals surface area contributed by atoms with Crippen molar-refractivity contribution >= 4 is 5.91 Å². The minimum atomic E-state index is -4.62. The van der Waals surface area contributed by atoms with Gasteiger partial charge >= 0.3 is 6.36 Å². The summed E-state index contributed by atoms with van der Waals surface area (Å²) in [5, 5.41) is 0. The largest absolute Gasteiger partial charge is 0.522 e. The van der Waals surface area contributed by atoms with Gasteiger partial charge in [0.25, 0.3) is 0 Å². The molecule has 2 N–H and O–H groups in total. The Labute approximate surface area is 86.2 Å². The van der Waals surface area contributed by atoms with Gasteiger partial charge in [-0.15, -0.1) is 13.2 Å². The first-order valence-corrected chi connectivity index (χ1v) is 4.65. The molecule has 1 amide bonds. The summed E-state index contributed by atoms with van der Waals surface area (Å²) < 4.78 is 38.4. The van der Waals surface area contributed by atoms with Crippen molar-refractivity contribution in [2.45, 2.75) is 26.3 Å². The van der Waals surface area contributed by atoms with Crippen LogP contribution in [-0.2, 0) is 9.53 Å². The van der Waals surface area contributed by atoms with E-state index >= 15 is 0 Å². The Balaban J connectivity index is 0.000000921. The first-order valence-electron chi connectivity index (χ1n) is 4.65. The molecule has 15 heavy (non-hydrogen) atoms. The van der Waals surface area contributed by atoms with Gasteiger partial charge in [-0.1, -0.05) is 13.8 Å². The minimum absolute atomic E-state index is 0.0322. The molecule has 0 atom stereocenters. The Kier molecular flexibility index (Phi) is 5.59. The van der Waals surface area contributed by atoms with Crippen LogP contribution in [0.1, 0.15) is 13.8 Å². The molecule has 0 spiro atoms. The predicted octanol–water partition coefficient (Wildman–Crippen LogP) is 0.719. The summed E-state index contributed by atoms with van der Waals surface area (Å²) in [6.07, 6.45) is -5.56. The first-order chi connectivity index (χ1) is 6.92. The van der Waals surface area contributed by atoms with Crippen LogP contribution in [0.3, 0.4) is 0 Å². The number of hydrogen-bond donors (Lipinski definition) is 1. The number of alkyl halides is 3. The molecule has 1 heterocycles. The fourth-order valence-corrected chi connectivity index (χ4v) is 1.03. The number of hydrogen-bond acceptors (Lipinski definition) is 3. The third kappa shape index (κ3) is 4.98. The Morgan fingerprint density at radius 3 is 2.27 bits per heavy atom. The summed E-state index contributed by atoms with van der Waals surface area (Å²) in [7, 11) is 0. The van der Waals surface area contributed by atoms with Gasteiger partial charge in [-0.05, 0) is 0 Å². The molecule has 0 aromatic heterocycles. The highest BCUT2D eigenvalue weighted by molar-refractivity contribution is 5.78. The van der Waals surface area contributed by atoms with E-state index in [1.165, 1.54) is 4.90 Å². The Hall–Kier alpha value is -0.820. The molecule has 1 saturated heterocycles. The molecule has 0 aliphatic carbocycles. The van der Waals surface area contributed by atoms with Crippen LogP contribution >= 0.6 is 0 Å². The van der Waals surface area contributed by atoms with Gasteiger partial charge in [0.15, 0.2) is 0 Å². The van der Waals surface area contributed by atoms with Gasteiger partial charge in [-0.2, -0.15) is 0 Å². The average molecular weight is 228 g/mol. The highest BCUT2D eigenvalue weighted by Crippen LogP contribution is 2.23. The zero-order chi connectivity index (χ0) is 12.1. The van der Waals surface area contributed by atoms with Gasteiger partial charge in [0.2, 0.25) is 5.91 Å². The molecule has 0 bridgehead atoms. The van der Waals surface area contributed by atoms with Crippen molar-refractivity contribution in [2.75, 3.05) is 19.6 Å². The number of nitrogens with two attached hydrogens (primary N) is 1. The topological polar surface area (TPSA) is 55.6 Å². The van der Waals surface area contributed by atoms with E-state index in [9.17, 15) is 18.0 Å². The van der Waals surface area contributed by atoms with E-state index in [1.807, 2.05) is 13.8 Å². The van der Waals surface area contributed by atoms with E-state index in [4.69, 9.17) is 5.73 Å². The lowest BCUT2D eigenvalue weighted by Crippen LogP contribution is -2.57. The number of nitrogens with zero attached hydrogens (tertiary/aromatic N) is 1. The first kappa shape index (κ1) is 14.2. The summed E-state index contributed by atoms with van der Waals surface area (Å²) in [4.78, 5) is 12.0. The zero-order valence-corrected chi connectivity index (χ0v) is 8.67. The maximum absolute atomic E-state index is 11.6. The monoisotopic (exact) mass is 228 g/mol. The van der Waals surface area contributed by atoms with Crippen LogP contribution in [0.5, 0.6) is 0 Å². The van der Waals surface area contributed by atoms with E-state index in [-0.39, 0.29) is 25.5 Å². The standard InChI is InChI=1S/C6H9F3N2O2.C2H6/c7-6(8,9)13-4-2-11(3-4)5(12)1-10;1-2/h4H,1-3,10H2;1-2H3. The number of likely N-dealkylation sites (tertiary alicyclic amines) is 1. The number of carbonyl (C=O) groups excluding carboxylic acids is 1. The lowest BCUT2D eigenvalue weighted by atomic mass is 10.1. The maximum atomic E-state index is 11.6. The van der Waals surface area contributed by atoms with Crippen molar-refractivity contribution in [3.05, 3.63) is 0 Å². The van der Waals surface area contributed by atoms with Gasteiger partial charge in [0.1, 0.15) is 6.10 Å². The maximum Gasteiger partial charge on any atom is 0.522 e. The van der Waals surface area contributed by atoms with E-state index in [2.05, 4.69) is 4.74 Å². The van der Waals surface area contributed by atoms with Crippen molar-refractivity contribution in [3.8, 4) is 0 Å². The Morgan fingerprint density at radius 2 is 1.93 bits per heavy atom. The van der Waals surface area contributed by atoms with Crippen molar-refractivity contribution in [1.82, 2.24) is 4.90 Å². The highest BCUT2D eigenvalue weighted by Gasteiger charge is 2.40. The van der Waals surface area contributed by atoms with Crippen molar-refractivity contribution in [3.63, 3.8) is 0 Å². The zero-order valence-electron chi connectivity index (χ0n) is 8.67. The van der Waals surface area contributed by atoms with Gasteiger partial charge in [-0.25, -0.2) is 0 Å². The van der Waals surface area contributed by atoms with E-state index < -0.39 is 12.5 Å². The molecule has 0 saturated carbocycles. The SMILES string of the molecule is CC.NCC(=O)N1CC(OC(F)(F)F)C1. The molecule has 1 rings (SSSR count). The average Bonchev–Trinajstić information content (AvgIpc) is 2.11. The number of halogens is 3. The van der Waals surface area contributed by atoms with Crippen molar-refractivity contribution in [2.24, 2.45) is 5.73 Å². The van der Waals surface area contributed by atoms with E-state index in [0.717, 1.165) is 0 Å². The fraction of sp³-hybridized carbons (Fsp3) is 0.875. The molecule has 0 aromatic rings. The van der Waals surface area contributed by atoms with Crippen LogP contribution in [0.4, 0.5) is 13.2 Å². The molecule has 1 aliphatic rings. The molecule has 4 nitrogen and oxygen atoms in total. The third-order valence-corrected chi connectivity index (χ3v) is 1.68. The van der Waals surface area contributed by atoms with Crippen molar-refractivity contribution < 1.29 is 22.7 Å². The van der Waals surface area contributed by atoms with Crippen LogP contribution in [0, 0.1) is 0 Å². The molecule has 90 valence electrons. The number of carbonyl (C=O) groups is 1. The summed E-state index contributed by atoms with van der Waals surface area (Å²) >= 11 is 0. The van der Waals surface area contributed by atoms with Crippen LogP contribution in [0.2, 0.25) is 0 Å². The van der Waals surface area contributed by atoms with Gasteiger partial charge in [0.05, 0.1) is 6.54 Å². The molecule has 7 heteroatoms. The Bertz CT molecular complexity index is 203. The molecular formula is C8H15F3N2O2. The lowest BCUT2D eigenvalue weighted by Gasteiger charge is -2.38. The van der Waals surface area contributed by atoms with Gasteiger partial charge in [-0.3, -0.25) is 9.53 Å². The van der Waals surface area contributed by atoms with Gasteiger partial charge in [0, 0.05) is 13.1 Å². The molecule has 0 unspecified atom stereocenters. The Morgan fingerprint density at radius 1 is 1.47 bits per heavy atom. The number of amides is 1. The second-order valence-corrected chi connectivity index (χ2v) is 2.69. The molecule has 1 aliphatic heterocycles. The lowest BCUT2D eigenvalue weighted by molar-refractivity contribution is -0.353. The quantitative estimate of drug-likeness (QED) is 0.757. The second kappa shape index (κ2) is 5.92. The highest BCUT2D eigenvalue weighted by atomic mass is 19.4. The number of rotatable bonds is 2. The smallest absolute Gasteiger partial charge is 0.336 e. The fourth-order valence-electron chi connectivity index (χ4n) is 1.03. The van der Waals surface area contributed by atoms with Crippen LogP contribution in [0.25, 0.3) is 0 Å². The van der Waals surface area contributed by atoms with E-state index in [0.29, 0.717) is 0 Å². The van der Waals surface area contributed by atoms with Gasteiger partial charge < -0.3 is 10.6 Å². The van der Waals surface area contributed by atoms with Crippen molar-refractivity contribution in [1.29, 1.82) is 0 Å². The number of ether oxygens (including phenoxy) is 1. The van der Waals surface area contributed by atoms with Crippen LogP contribution in [-0.4, -0.2) is 42.9 Å². The normalized spacial score (nSPS) is 16.5. The van der Waals surface area contributed by atoms with Crippen LogP contribution < -0.4 is 5.73 Å². The summed E-state index contributed by atoms with van der Waals surface area (Å²) in [5.41, 5.74) is 5.00. The minimum Gasteiger partial charge on any atom is -0.336 e. The molecule has 0 aromatic carbocycles. The molecular weight excluding hydrogens is 213 g/mol.